The van der Waals surface area contributed by atoms with Gasteiger partial charge < -0.3 is 10.1 Å². The van der Waals surface area contributed by atoms with E-state index in [9.17, 15) is 22.8 Å². The Morgan fingerprint density at radius 2 is 2.00 bits per heavy atom. The lowest BCUT2D eigenvalue weighted by Crippen LogP contribution is -2.46. The highest BCUT2D eigenvalue weighted by molar-refractivity contribution is 9.13. The molecule has 0 fully saturated rings. The summed E-state index contributed by atoms with van der Waals surface area (Å²) < 4.78 is 42.1. The number of amides is 1. The van der Waals surface area contributed by atoms with Crippen LogP contribution in [0.3, 0.4) is 0 Å². The van der Waals surface area contributed by atoms with Gasteiger partial charge >= 0.3 is 12.1 Å². The van der Waals surface area contributed by atoms with Gasteiger partial charge in [0.05, 0.1) is 8.66 Å². The molecule has 0 saturated heterocycles. The molecule has 0 bridgehead atoms. The van der Waals surface area contributed by atoms with Gasteiger partial charge in [-0.05, 0) is 43.8 Å². The summed E-state index contributed by atoms with van der Waals surface area (Å²) in [6.45, 7) is 1.74. The summed E-state index contributed by atoms with van der Waals surface area (Å²) in [5.41, 5.74) is 0. The Balaban J connectivity index is 2.82. The highest BCUT2D eigenvalue weighted by Gasteiger charge is 2.34. The van der Waals surface area contributed by atoms with Crippen molar-refractivity contribution in [2.75, 3.05) is 6.61 Å². The molecule has 1 N–H and O–H groups in total. The number of nitrogens with one attached hydrogen (secondary N) is 1. The van der Waals surface area contributed by atoms with Gasteiger partial charge in [-0.15, -0.1) is 11.3 Å². The smallest absolute Gasteiger partial charge is 0.422 e. The molecule has 0 spiro atoms. The fourth-order valence-electron chi connectivity index (χ4n) is 1.58. The van der Waals surface area contributed by atoms with Gasteiger partial charge in [-0.2, -0.15) is 13.2 Å². The van der Waals surface area contributed by atoms with E-state index in [1.807, 2.05) is 0 Å². The molecule has 0 aliphatic heterocycles. The van der Waals surface area contributed by atoms with Gasteiger partial charge in [-0.3, -0.25) is 4.79 Å². The number of thiophene rings is 1. The Bertz CT molecular complexity index is 558. The van der Waals surface area contributed by atoms with Gasteiger partial charge in [0.1, 0.15) is 6.04 Å². The summed E-state index contributed by atoms with van der Waals surface area (Å²) in [7, 11) is 0. The van der Waals surface area contributed by atoms with E-state index in [-0.39, 0.29) is 5.92 Å². The Labute approximate surface area is 152 Å². The van der Waals surface area contributed by atoms with E-state index in [1.54, 1.807) is 19.9 Å². The first-order valence-electron chi connectivity index (χ1n) is 6.54. The Kier molecular flexibility index (Phi) is 7.53. The Hall–Kier alpha value is -0.610. The number of carbonyl (C=O) groups is 2. The molecule has 0 aliphatic rings. The van der Waals surface area contributed by atoms with Crippen LogP contribution in [0.2, 0.25) is 0 Å². The first kappa shape index (κ1) is 20.4. The summed E-state index contributed by atoms with van der Waals surface area (Å²) in [5.74, 6) is -2.01. The van der Waals surface area contributed by atoms with Crippen LogP contribution in [0.25, 0.3) is 0 Å². The summed E-state index contributed by atoms with van der Waals surface area (Å²) in [4.78, 5) is 24.4. The minimum Gasteiger partial charge on any atom is -0.454 e. The predicted molar refractivity (Wildman–Crippen MR) is 87.4 cm³/mol. The van der Waals surface area contributed by atoms with Crippen molar-refractivity contribution in [2.45, 2.75) is 32.5 Å². The van der Waals surface area contributed by atoms with E-state index in [0.717, 1.165) is 11.3 Å². The van der Waals surface area contributed by atoms with E-state index in [2.05, 4.69) is 41.9 Å². The number of alkyl halides is 3. The third-order valence-corrected chi connectivity index (χ3v) is 6.26. The molecule has 1 heterocycles. The standard InChI is InChI=1S/C13H14Br2F3NO3S/c1-3-6(2)9(12(21)22-5-13(16,17)18)19-11(20)8-4-7(14)10(15)23-8/h4,6,9H,3,5H2,1-2H3,(H,19,20)/t6?,9-/m0/s1. The lowest BCUT2D eigenvalue weighted by Gasteiger charge is -2.22. The second-order valence-corrected chi connectivity index (χ2v) is 8.02. The molecule has 4 nitrogen and oxygen atoms in total. The van der Waals surface area contributed by atoms with Crippen LogP contribution in [0.5, 0.6) is 0 Å². The molecular weight excluding hydrogens is 467 g/mol. The Morgan fingerprint density at radius 1 is 1.39 bits per heavy atom. The first-order valence-corrected chi connectivity index (χ1v) is 8.94. The molecule has 2 atom stereocenters. The number of esters is 1. The van der Waals surface area contributed by atoms with Gasteiger partial charge in [-0.25, -0.2) is 4.79 Å². The van der Waals surface area contributed by atoms with Crippen molar-refractivity contribution in [3.8, 4) is 0 Å². The summed E-state index contributed by atoms with van der Waals surface area (Å²) in [6, 6.07) is 0.410. The van der Waals surface area contributed by atoms with E-state index >= 15 is 0 Å². The summed E-state index contributed by atoms with van der Waals surface area (Å²) >= 11 is 7.62. The molecule has 1 unspecified atom stereocenters. The Morgan fingerprint density at radius 3 is 2.43 bits per heavy atom. The predicted octanol–water partition coefficient (Wildman–Crippen LogP) is 4.52. The van der Waals surface area contributed by atoms with E-state index in [1.165, 1.54) is 0 Å². The number of hydrogen-bond donors (Lipinski definition) is 1. The zero-order valence-corrected chi connectivity index (χ0v) is 16.2. The largest absolute Gasteiger partial charge is 0.454 e. The number of carbonyl (C=O) groups excluding carboxylic acids is 2. The quantitative estimate of drug-likeness (QED) is 0.609. The van der Waals surface area contributed by atoms with Crippen molar-refractivity contribution in [2.24, 2.45) is 5.92 Å². The zero-order chi connectivity index (χ0) is 17.8. The maximum atomic E-state index is 12.2. The highest BCUT2D eigenvalue weighted by Crippen LogP contribution is 2.32. The van der Waals surface area contributed by atoms with Crippen molar-refractivity contribution >= 4 is 55.1 Å². The molecule has 10 heteroatoms. The molecule has 0 radical (unpaired) electrons. The average Bonchev–Trinajstić information content (AvgIpc) is 2.80. The average molecular weight is 481 g/mol. The van der Waals surface area contributed by atoms with Crippen LogP contribution in [-0.2, 0) is 9.53 Å². The van der Waals surface area contributed by atoms with Crippen molar-refractivity contribution in [3.05, 3.63) is 19.2 Å². The highest BCUT2D eigenvalue weighted by atomic mass is 79.9. The topological polar surface area (TPSA) is 55.4 Å². The van der Waals surface area contributed by atoms with Crippen molar-refractivity contribution < 1.29 is 27.5 Å². The third kappa shape index (κ3) is 6.42. The van der Waals surface area contributed by atoms with Crippen molar-refractivity contribution in [1.82, 2.24) is 5.32 Å². The number of ether oxygens (including phenoxy) is 1. The number of halogens is 5. The van der Waals surface area contributed by atoms with Crippen LogP contribution in [0.15, 0.2) is 14.3 Å². The van der Waals surface area contributed by atoms with Gasteiger partial charge in [0.15, 0.2) is 6.61 Å². The fourth-order valence-corrected chi connectivity index (χ4v) is 3.52. The molecule has 1 amide bonds. The SMILES string of the molecule is CCC(C)[C@H](NC(=O)c1cc(Br)c(Br)s1)C(=O)OCC(F)(F)F. The third-order valence-electron chi connectivity index (χ3n) is 3.00. The van der Waals surface area contributed by atoms with E-state index in [4.69, 9.17) is 0 Å². The molecule has 0 aromatic carbocycles. The van der Waals surface area contributed by atoms with E-state index < -0.39 is 30.7 Å². The molecule has 1 rings (SSSR count). The minimum atomic E-state index is -4.61. The normalized spacial score (nSPS) is 14.2. The van der Waals surface area contributed by atoms with Crippen LogP contribution in [0.1, 0.15) is 29.9 Å². The molecule has 23 heavy (non-hydrogen) atoms. The van der Waals surface area contributed by atoms with Gasteiger partial charge in [0.2, 0.25) is 0 Å². The maximum Gasteiger partial charge on any atom is 0.422 e. The van der Waals surface area contributed by atoms with Crippen LogP contribution in [0.4, 0.5) is 13.2 Å². The van der Waals surface area contributed by atoms with E-state index in [0.29, 0.717) is 19.6 Å². The fraction of sp³-hybridized carbons (Fsp3) is 0.538. The zero-order valence-electron chi connectivity index (χ0n) is 12.2. The van der Waals surface area contributed by atoms with Crippen molar-refractivity contribution in [3.63, 3.8) is 0 Å². The molecule has 0 aliphatic carbocycles. The van der Waals surface area contributed by atoms with Gasteiger partial charge in [0, 0.05) is 4.47 Å². The summed E-state index contributed by atoms with van der Waals surface area (Å²) in [5, 5.41) is 2.45. The van der Waals surface area contributed by atoms with Gasteiger partial charge in [-0.1, -0.05) is 20.3 Å². The maximum absolute atomic E-state index is 12.2. The second kappa shape index (κ2) is 8.48. The molecule has 1 aromatic rings. The van der Waals surface area contributed by atoms with Crippen molar-refractivity contribution in [1.29, 1.82) is 0 Å². The molecular formula is C13H14Br2F3NO3S. The van der Waals surface area contributed by atoms with Crippen LogP contribution >= 0.6 is 43.2 Å². The number of hydrogen-bond acceptors (Lipinski definition) is 4. The number of rotatable bonds is 6. The minimum absolute atomic E-state index is 0.320. The first-order chi connectivity index (χ1) is 10.5. The molecule has 1 aromatic heterocycles. The summed E-state index contributed by atoms with van der Waals surface area (Å²) in [6.07, 6.45) is -4.12. The molecule has 0 saturated carbocycles. The van der Waals surface area contributed by atoms with Crippen LogP contribution in [-0.4, -0.2) is 30.7 Å². The monoisotopic (exact) mass is 479 g/mol. The van der Waals surface area contributed by atoms with Crippen LogP contribution < -0.4 is 5.32 Å². The lowest BCUT2D eigenvalue weighted by molar-refractivity contribution is -0.188. The van der Waals surface area contributed by atoms with Gasteiger partial charge in [0.25, 0.3) is 5.91 Å². The lowest BCUT2D eigenvalue weighted by atomic mass is 9.99. The molecule has 130 valence electrons. The van der Waals surface area contributed by atoms with Crippen LogP contribution in [0, 0.1) is 5.92 Å². The second-order valence-electron chi connectivity index (χ2n) is 4.79.